The molecule has 0 amide bonds. The zero-order chi connectivity index (χ0) is 12.0. The van der Waals surface area contributed by atoms with Gasteiger partial charge in [0.15, 0.2) is 0 Å². The normalized spacial score (nSPS) is 21.1. The number of ether oxygens (including phenoxy) is 1. The van der Waals surface area contributed by atoms with Gasteiger partial charge in [0.2, 0.25) is 0 Å². The molecular formula is C11H22N4O. The third kappa shape index (κ3) is 3.83. The predicted molar refractivity (Wildman–Crippen MR) is 65.5 cm³/mol. The minimum absolute atomic E-state index is 0.456. The van der Waals surface area contributed by atoms with E-state index >= 15 is 0 Å². The first-order chi connectivity index (χ1) is 7.65. The summed E-state index contributed by atoms with van der Waals surface area (Å²) in [6, 6.07) is 0.456. The second kappa shape index (κ2) is 6.50. The van der Waals surface area contributed by atoms with Crippen LogP contribution < -0.4 is 11.1 Å². The standard InChI is InChI=1S/C11H22N4O/c1-9(15-3-5-16-6-4-15)8-14-10(2)11(13)7-12/h7,9,12,14H,3-6,8,13H2,1-2H3/b11-10+,12-7?. The van der Waals surface area contributed by atoms with Gasteiger partial charge in [0.05, 0.1) is 18.9 Å². The summed E-state index contributed by atoms with van der Waals surface area (Å²) in [5.41, 5.74) is 6.99. The van der Waals surface area contributed by atoms with Gasteiger partial charge in [0, 0.05) is 37.6 Å². The lowest BCUT2D eigenvalue weighted by Crippen LogP contribution is -2.46. The molecule has 1 atom stereocenters. The highest BCUT2D eigenvalue weighted by molar-refractivity contribution is 5.75. The molecule has 1 unspecified atom stereocenters. The summed E-state index contributed by atoms with van der Waals surface area (Å²) >= 11 is 0. The summed E-state index contributed by atoms with van der Waals surface area (Å²) < 4.78 is 5.31. The van der Waals surface area contributed by atoms with Gasteiger partial charge in [-0.25, -0.2) is 0 Å². The van der Waals surface area contributed by atoms with Gasteiger partial charge < -0.3 is 21.2 Å². The van der Waals surface area contributed by atoms with Crippen LogP contribution >= 0.6 is 0 Å². The molecule has 0 bridgehead atoms. The van der Waals surface area contributed by atoms with Crippen LogP contribution in [0.3, 0.4) is 0 Å². The van der Waals surface area contributed by atoms with E-state index in [1.54, 1.807) is 0 Å². The minimum Gasteiger partial charge on any atom is -0.396 e. The first-order valence-electron chi connectivity index (χ1n) is 5.67. The van der Waals surface area contributed by atoms with Crippen molar-refractivity contribution in [2.45, 2.75) is 19.9 Å². The molecule has 1 saturated heterocycles. The second-order valence-electron chi connectivity index (χ2n) is 4.10. The largest absolute Gasteiger partial charge is 0.396 e. The molecular weight excluding hydrogens is 204 g/mol. The van der Waals surface area contributed by atoms with Crippen LogP contribution in [0.15, 0.2) is 11.4 Å². The van der Waals surface area contributed by atoms with Crippen LogP contribution in [0.2, 0.25) is 0 Å². The van der Waals surface area contributed by atoms with E-state index in [0.29, 0.717) is 11.7 Å². The van der Waals surface area contributed by atoms with Crippen LogP contribution in [0.1, 0.15) is 13.8 Å². The van der Waals surface area contributed by atoms with E-state index in [1.807, 2.05) is 6.92 Å². The highest BCUT2D eigenvalue weighted by Crippen LogP contribution is 2.03. The summed E-state index contributed by atoms with van der Waals surface area (Å²) in [5.74, 6) is 0. The molecule has 4 N–H and O–H groups in total. The van der Waals surface area contributed by atoms with E-state index in [9.17, 15) is 0 Å². The maximum absolute atomic E-state index is 7.05. The fourth-order valence-corrected chi connectivity index (χ4v) is 1.66. The SMILES string of the molecule is C/C(NCC(C)N1CCOCC1)=C(\N)C=N. The number of allylic oxidation sites excluding steroid dienone is 2. The molecule has 0 saturated carbocycles. The molecule has 1 aliphatic rings. The lowest BCUT2D eigenvalue weighted by Gasteiger charge is -2.32. The fraction of sp³-hybridized carbons (Fsp3) is 0.727. The Morgan fingerprint density at radius 1 is 1.56 bits per heavy atom. The summed E-state index contributed by atoms with van der Waals surface area (Å²) in [7, 11) is 0. The zero-order valence-electron chi connectivity index (χ0n) is 10.1. The van der Waals surface area contributed by atoms with E-state index in [0.717, 1.165) is 38.5 Å². The molecule has 0 spiro atoms. The van der Waals surface area contributed by atoms with E-state index in [-0.39, 0.29) is 0 Å². The Hall–Kier alpha value is -1.07. The number of nitrogens with zero attached hydrogens (tertiary/aromatic N) is 1. The van der Waals surface area contributed by atoms with Crippen molar-refractivity contribution in [3.63, 3.8) is 0 Å². The van der Waals surface area contributed by atoms with Crippen molar-refractivity contribution in [1.29, 1.82) is 5.41 Å². The van der Waals surface area contributed by atoms with Crippen molar-refractivity contribution in [2.24, 2.45) is 5.73 Å². The smallest absolute Gasteiger partial charge is 0.0682 e. The lowest BCUT2D eigenvalue weighted by molar-refractivity contribution is 0.0208. The maximum atomic E-state index is 7.05. The molecule has 0 radical (unpaired) electrons. The number of hydrogen-bond acceptors (Lipinski definition) is 5. The van der Waals surface area contributed by atoms with Crippen molar-refractivity contribution in [3.8, 4) is 0 Å². The summed E-state index contributed by atoms with van der Waals surface area (Å²) in [6.07, 6.45) is 1.17. The molecule has 0 aromatic heterocycles. The Morgan fingerprint density at radius 2 is 2.19 bits per heavy atom. The van der Waals surface area contributed by atoms with Gasteiger partial charge >= 0.3 is 0 Å². The van der Waals surface area contributed by atoms with Crippen molar-refractivity contribution in [2.75, 3.05) is 32.8 Å². The van der Waals surface area contributed by atoms with Gasteiger partial charge in [-0.1, -0.05) is 0 Å². The molecule has 1 fully saturated rings. The number of nitrogens with one attached hydrogen (secondary N) is 2. The van der Waals surface area contributed by atoms with Crippen molar-refractivity contribution < 1.29 is 4.74 Å². The molecule has 1 heterocycles. The Balaban J connectivity index is 2.33. The van der Waals surface area contributed by atoms with Gasteiger partial charge in [-0.05, 0) is 13.8 Å². The van der Waals surface area contributed by atoms with Gasteiger partial charge in [-0.3, -0.25) is 4.90 Å². The number of nitrogens with two attached hydrogens (primary N) is 1. The minimum atomic E-state index is 0.456. The van der Waals surface area contributed by atoms with Gasteiger partial charge in [-0.15, -0.1) is 0 Å². The average Bonchev–Trinajstić information content (AvgIpc) is 2.35. The molecule has 1 aliphatic heterocycles. The van der Waals surface area contributed by atoms with Crippen LogP contribution in [0.25, 0.3) is 0 Å². The Labute approximate surface area is 97.1 Å². The first kappa shape index (κ1) is 13.0. The Morgan fingerprint density at radius 3 is 2.75 bits per heavy atom. The van der Waals surface area contributed by atoms with E-state index in [1.165, 1.54) is 6.21 Å². The second-order valence-corrected chi connectivity index (χ2v) is 4.10. The monoisotopic (exact) mass is 226 g/mol. The molecule has 0 aromatic carbocycles. The van der Waals surface area contributed by atoms with E-state index < -0.39 is 0 Å². The van der Waals surface area contributed by atoms with E-state index in [4.69, 9.17) is 15.9 Å². The van der Waals surface area contributed by atoms with Crippen molar-refractivity contribution in [3.05, 3.63) is 11.4 Å². The topological polar surface area (TPSA) is 74.4 Å². The molecule has 5 nitrogen and oxygen atoms in total. The number of hydrogen-bond donors (Lipinski definition) is 3. The Bertz CT molecular complexity index is 259. The lowest BCUT2D eigenvalue weighted by atomic mass is 10.2. The Kier molecular flexibility index (Phi) is 5.28. The van der Waals surface area contributed by atoms with Gasteiger partial charge in [0.25, 0.3) is 0 Å². The highest BCUT2D eigenvalue weighted by atomic mass is 16.5. The molecule has 0 aliphatic carbocycles. The molecule has 1 rings (SSSR count). The van der Waals surface area contributed by atoms with Crippen LogP contribution in [0, 0.1) is 5.41 Å². The van der Waals surface area contributed by atoms with Crippen LogP contribution in [-0.2, 0) is 4.74 Å². The number of morpholine rings is 1. The zero-order valence-corrected chi connectivity index (χ0v) is 10.1. The summed E-state index contributed by atoms with van der Waals surface area (Å²) in [4.78, 5) is 2.39. The molecule has 0 aromatic rings. The maximum Gasteiger partial charge on any atom is 0.0682 e. The summed E-state index contributed by atoms with van der Waals surface area (Å²) in [6.45, 7) is 8.56. The molecule has 16 heavy (non-hydrogen) atoms. The molecule has 92 valence electrons. The first-order valence-corrected chi connectivity index (χ1v) is 5.67. The van der Waals surface area contributed by atoms with Gasteiger partial charge in [0.1, 0.15) is 0 Å². The van der Waals surface area contributed by atoms with Crippen LogP contribution in [-0.4, -0.2) is 50.0 Å². The molecule has 5 heteroatoms. The van der Waals surface area contributed by atoms with Crippen molar-refractivity contribution >= 4 is 6.21 Å². The van der Waals surface area contributed by atoms with Crippen LogP contribution in [0.5, 0.6) is 0 Å². The average molecular weight is 226 g/mol. The van der Waals surface area contributed by atoms with Crippen LogP contribution in [0.4, 0.5) is 0 Å². The third-order valence-corrected chi connectivity index (χ3v) is 2.92. The highest BCUT2D eigenvalue weighted by Gasteiger charge is 2.16. The van der Waals surface area contributed by atoms with E-state index in [2.05, 4.69) is 17.1 Å². The predicted octanol–water partition coefficient (Wildman–Crippen LogP) is 0.136. The summed E-state index contributed by atoms with van der Waals surface area (Å²) in [5, 5.41) is 10.3. The third-order valence-electron chi connectivity index (χ3n) is 2.92. The number of rotatable bonds is 5. The fourth-order valence-electron chi connectivity index (χ4n) is 1.66. The van der Waals surface area contributed by atoms with Crippen molar-refractivity contribution in [1.82, 2.24) is 10.2 Å². The van der Waals surface area contributed by atoms with Gasteiger partial charge in [-0.2, -0.15) is 0 Å². The quantitative estimate of drug-likeness (QED) is 0.583.